The molecule has 0 radical (unpaired) electrons. The molecule has 96 valence electrons. The number of piperidine rings is 1. The SMILES string of the molecule is CCNCC1CCCN(CCCCCO)C1. The fourth-order valence-electron chi connectivity index (χ4n) is 2.49. The van der Waals surface area contributed by atoms with E-state index in [-0.39, 0.29) is 0 Å². The van der Waals surface area contributed by atoms with Gasteiger partial charge in [-0.3, -0.25) is 0 Å². The molecule has 1 aliphatic heterocycles. The molecule has 1 saturated heterocycles. The van der Waals surface area contributed by atoms with Crippen LogP contribution in [0.4, 0.5) is 0 Å². The Labute approximate surface area is 100 Å². The topological polar surface area (TPSA) is 35.5 Å². The maximum Gasteiger partial charge on any atom is 0.0431 e. The van der Waals surface area contributed by atoms with Gasteiger partial charge in [0, 0.05) is 13.2 Å². The van der Waals surface area contributed by atoms with E-state index in [4.69, 9.17) is 5.11 Å². The molecule has 0 bridgehead atoms. The van der Waals surface area contributed by atoms with E-state index in [1.807, 2.05) is 0 Å². The lowest BCUT2D eigenvalue weighted by atomic mass is 9.97. The standard InChI is InChI=1S/C13H28N2O/c1-2-14-11-13-7-6-9-15(12-13)8-4-3-5-10-16/h13-14,16H,2-12H2,1H3. The molecule has 1 aliphatic rings. The van der Waals surface area contributed by atoms with Crippen LogP contribution in [0.3, 0.4) is 0 Å². The molecule has 0 aromatic rings. The Morgan fingerprint density at radius 1 is 1.31 bits per heavy atom. The van der Waals surface area contributed by atoms with E-state index in [9.17, 15) is 0 Å². The number of nitrogens with zero attached hydrogens (tertiary/aromatic N) is 1. The van der Waals surface area contributed by atoms with Gasteiger partial charge in [-0.15, -0.1) is 0 Å². The van der Waals surface area contributed by atoms with E-state index in [1.165, 1.54) is 51.9 Å². The summed E-state index contributed by atoms with van der Waals surface area (Å²) in [5.41, 5.74) is 0. The summed E-state index contributed by atoms with van der Waals surface area (Å²) in [5.74, 6) is 0.853. The van der Waals surface area contributed by atoms with E-state index in [0.29, 0.717) is 6.61 Å². The van der Waals surface area contributed by atoms with Gasteiger partial charge in [0.15, 0.2) is 0 Å². The van der Waals surface area contributed by atoms with Crippen molar-refractivity contribution in [1.29, 1.82) is 0 Å². The molecule has 0 aliphatic carbocycles. The number of hydrogen-bond donors (Lipinski definition) is 2. The maximum absolute atomic E-state index is 8.72. The van der Waals surface area contributed by atoms with Gasteiger partial charge in [-0.1, -0.05) is 6.92 Å². The zero-order chi connectivity index (χ0) is 11.6. The number of aliphatic hydroxyl groups excluding tert-OH is 1. The molecule has 3 nitrogen and oxygen atoms in total. The van der Waals surface area contributed by atoms with Crippen molar-refractivity contribution in [1.82, 2.24) is 10.2 Å². The molecule has 0 amide bonds. The van der Waals surface area contributed by atoms with E-state index in [0.717, 1.165) is 18.9 Å². The number of unbranched alkanes of at least 4 members (excludes halogenated alkanes) is 2. The second-order valence-corrected chi connectivity index (χ2v) is 4.90. The minimum atomic E-state index is 0.350. The lowest BCUT2D eigenvalue weighted by Gasteiger charge is -2.32. The molecule has 1 rings (SSSR count). The molecule has 1 fully saturated rings. The summed E-state index contributed by atoms with van der Waals surface area (Å²) in [5, 5.41) is 12.2. The van der Waals surface area contributed by atoms with Crippen molar-refractivity contribution in [3.63, 3.8) is 0 Å². The minimum Gasteiger partial charge on any atom is -0.396 e. The molecule has 0 aromatic carbocycles. The highest BCUT2D eigenvalue weighted by molar-refractivity contribution is 4.74. The largest absolute Gasteiger partial charge is 0.396 e. The highest BCUT2D eigenvalue weighted by atomic mass is 16.2. The summed E-state index contributed by atoms with van der Waals surface area (Å²) in [6.07, 6.45) is 6.13. The lowest BCUT2D eigenvalue weighted by Crippen LogP contribution is -2.40. The monoisotopic (exact) mass is 228 g/mol. The third kappa shape index (κ3) is 5.83. The van der Waals surface area contributed by atoms with Crippen LogP contribution in [0.2, 0.25) is 0 Å². The smallest absolute Gasteiger partial charge is 0.0431 e. The number of hydrogen-bond acceptors (Lipinski definition) is 3. The third-order valence-corrected chi connectivity index (χ3v) is 3.42. The molecule has 1 atom stereocenters. The van der Waals surface area contributed by atoms with Crippen molar-refractivity contribution >= 4 is 0 Å². The van der Waals surface area contributed by atoms with Gasteiger partial charge in [-0.2, -0.15) is 0 Å². The molecule has 1 heterocycles. The first-order valence-electron chi connectivity index (χ1n) is 6.90. The van der Waals surface area contributed by atoms with Crippen LogP contribution in [0.25, 0.3) is 0 Å². The van der Waals surface area contributed by atoms with Crippen LogP contribution in [-0.2, 0) is 0 Å². The summed E-state index contributed by atoms with van der Waals surface area (Å²) in [6.45, 7) is 8.58. The zero-order valence-corrected chi connectivity index (χ0v) is 10.7. The van der Waals surface area contributed by atoms with Gasteiger partial charge in [0.25, 0.3) is 0 Å². The Morgan fingerprint density at radius 2 is 2.19 bits per heavy atom. The normalized spacial score (nSPS) is 22.5. The summed E-state index contributed by atoms with van der Waals surface area (Å²) in [4.78, 5) is 2.60. The zero-order valence-electron chi connectivity index (χ0n) is 10.7. The Kier molecular flexibility index (Phi) is 7.81. The van der Waals surface area contributed by atoms with Gasteiger partial charge in [-0.05, 0) is 64.2 Å². The Bertz CT molecular complexity index is 164. The third-order valence-electron chi connectivity index (χ3n) is 3.42. The van der Waals surface area contributed by atoms with Gasteiger partial charge < -0.3 is 15.3 Å². The molecule has 0 spiro atoms. The number of rotatable bonds is 8. The molecule has 1 unspecified atom stereocenters. The van der Waals surface area contributed by atoms with Crippen LogP contribution >= 0.6 is 0 Å². The summed E-state index contributed by atoms with van der Waals surface area (Å²) < 4.78 is 0. The lowest BCUT2D eigenvalue weighted by molar-refractivity contribution is 0.168. The van der Waals surface area contributed by atoms with Crippen molar-refractivity contribution in [2.75, 3.05) is 39.3 Å². The first-order valence-corrected chi connectivity index (χ1v) is 6.90. The fraction of sp³-hybridized carbons (Fsp3) is 1.00. The molecule has 2 N–H and O–H groups in total. The van der Waals surface area contributed by atoms with Crippen molar-refractivity contribution in [3.8, 4) is 0 Å². The van der Waals surface area contributed by atoms with E-state index in [1.54, 1.807) is 0 Å². The van der Waals surface area contributed by atoms with Gasteiger partial charge in [-0.25, -0.2) is 0 Å². The van der Waals surface area contributed by atoms with Crippen LogP contribution < -0.4 is 5.32 Å². The summed E-state index contributed by atoms with van der Waals surface area (Å²) >= 11 is 0. The predicted octanol–water partition coefficient (Wildman–Crippen LogP) is 1.47. The van der Waals surface area contributed by atoms with Crippen molar-refractivity contribution in [2.45, 2.75) is 39.0 Å². The fourth-order valence-corrected chi connectivity index (χ4v) is 2.49. The Balaban J connectivity index is 2.07. The Hall–Kier alpha value is -0.120. The first kappa shape index (κ1) is 13.9. The Morgan fingerprint density at radius 3 is 2.94 bits per heavy atom. The van der Waals surface area contributed by atoms with Crippen LogP contribution in [0, 0.1) is 5.92 Å². The average Bonchev–Trinajstić information content (AvgIpc) is 2.33. The molecular weight excluding hydrogens is 200 g/mol. The molecular formula is C13H28N2O. The van der Waals surface area contributed by atoms with Crippen molar-refractivity contribution in [3.05, 3.63) is 0 Å². The number of likely N-dealkylation sites (tertiary alicyclic amines) is 1. The first-order chi connectivity index (χ1) is 7.86. The van der Waals surface area contributed by atoms with Gasteiger partial charge >= 0.3 is 0 Å². The predicted molar refractivity (Wildman–Crippen MR) is 68.6 cm³/mol. The molecule has 3 heteroatoms. The molecule has 16 heavy (non-hydrogen) atoms. The van der Waals surface area contributed by atoms with E-state index < -0.39 is 0 Å². The average molecular weight is 228 g/mol. The van der Waals surface area contributed by atoms with Crippen molar-refractivity contribution in [2.24, 2.45) is 5.92 Å². The van der Waals surface area contributed by atoms with Crippen molar-refractivity contribution < 1.29 is 5.11 Å². The van der Waals surface area contributed by atoms with Gasteiger partial charge in [0.1, 0.15) is 0 Å². The van der Waals surface area contributed by atoms with Gasteiger partial charge in [0.05, 0.1) is 0 Å². The molecule has 0 saturated carbocycles. The number of aliphatic hydroxyl groups is 1. The van der Waals surface area contributed by atoms with Crippen LogP contribution in [0.15, 0.2) is 0 Å². The summed E-state index contributed by atoms with van der Waals surface area (Å²) in [7, 11) is 0. The quantitative estimate of drug-likeness (QED) is 0.618. The highest BCUT2D eigenvalue weighted by Gasteiger charge is 2.18. The second kappa shape index (κ2) is 8.97. The van der Waals surface area contributed by atoms with Crippen LogP contribution in [-0.4, -0.2) is 49.3 Å². The van der Waals surface area contributed by atoms with E-state index in [2.05, 4.69) is 17.1 Å². The second-order valence-electron chi connectivity index (χ2n) is 4.90. The summed E-state index contributed by atoms with van der Waals surface area (Å²) in [6, 6.07) is 0. The van der Waals surface area contributed by atoms with E-state index >= 15 is 0 Å². The van der Waals surface area contributed by atoms with Gasteiger partial charge in [0.2, 0.25) is 0 Å². The highest BCUT2D eigenvalue weighted by Crippen LogP contribution is 2.16. The van der Waals surface area contributed by atoms with Crippen LogP contribution in [0.1, 0.15) is 39.0 Å². The molecule has 0 aromatic heterocycles. The number of nitrogens with one attached hydrogen (secondary N) is 1. The van der Waals surface area contributed by atoms with Crippen LogP contribution in [0.5, 0.6) is 0 Å². The maximum atomic E-state index is 8.72. The minimum absolute atomic E-state index is 0.350.